The Labute approximate surface area is 89.6 Å². The summed E-state index contributed by atoms with van der Waals surface area (Å²) in [6, 6.07) is 3.63. The van der Waals surface area contributed by atoms with E-state index in [9.17, 15) is 0 Å². The van der Waals surface area contributed by atoms with E-state index in [0.29, 0.717) is 19.0 Å². The van der Waals surface area contributed by atoms with Crippen molar-refractivity contribution in [1.29, 1.82) is 0 Å². The van der Waals surface area contributed by atoms with Crippen LogP contribution in [0.3, 0.4) is 0 Å². The molecule has 0 aliphatic rings. The first kappa shape index (κ1) is 11.7. The highest BCUT2D eigenvalue weighted by molar-refractivity contribution is 5.49. The van der Waals surface area contributed by atoms with E-state index in [-0.39, 0.29) is 6.10 Å². The number of methoxy groups -OCH3 is 2. The van der Waals surface area contributed by atoms with Gasteiger partial charge in [-0.3, -0.25) is 0 Å². The van der Waals surface area contributed by atoms with Crippen LogP contribution in [0, 0.1) is 0 Å². The number of aromatic nitrogens is 1. The van der Waals surface area contributed by atoms with Gasteiger partial charge in [0.25, 0.3) is 0 Å². The van der Waals surface area contributed by atoms with Crippen molar-refractivity contribution in [3.05, 3.63) is 18.3 Å². The fourth-order valence-corrected chi connectivity index (χ4v) is 1.19. The molecule has 0 aromatic carbocycles. The Balaban J connectivity index is 2.41. The topological polar surface area (TPSA) is 69.4 Å². The Morgan fingerprint density at radius 1 is 1.53 bits per heavy atom. The van der Waals surface area contributed by atoms with Gasteiger partial charge in [-0.05, 0) is 6.07 Å². The minimum Gasteiger partial charge on any atom is -0.384 e. The lowest BCUT2D eigenvalue weighted by molar-refractivity contribution is 0.0365. The molecule has 0 amide bonds. The molecule has 15 heavy (non-hydrogen) atoms. The fraction of sp³-hybridized carbons (Fsp3) is 0.500. The summed E-state index contributed by atoms with van der Waals surface area (Å²) in [6.07, 6.45) is 1.69. The van der Waals surface area contributed by atoms with Crippen LogP contribution >= 0.6 is 0 Å². The van der Waals surface area contributed by atoms with Crippen molar-refractivity contribution >= 4 is 11.5 Å². The molecule has 0 aliphatic carbocycles. The Morgan fingerprint density at radius 2 is 2.33 bits per heavy atom. The van der Waals surface area contributed by atoms with E-state index >= 15 is 0 Å². The van der Waals surface area contributed by atoms with Crippen LogP contribution in [0.4, 0.5) is 11.5 Å². The van der Waals surface area contributed by atoms with Gasteiger partial charge in [0.15, 0.2) is 0 Å². The van der Waals surface area contributed by atoms with Crippen LogP contribution in [-0.4, -0.2) is 38.5 Å². The number of pyridine rings is 1. The smallest absolute Gasteiger partial charge is 0.125 e. The minimum atomic E-state index is 0.0318. The number of nitrogens with zero attached hydrogens (tertiary/aromatic N) is 1. The van der Waals surface area contributed by atoms with Gasteiger partial charge in [-0.15, -0.1) is 0 Å². The first-order chi connectivity index (χ1) is 7.26. The van der Waals surface area contributed by atoms with Gasteiger partial charge in [0.05, 0.1) is 12.7 Å². The third-order valence-electron chi connectivity index (χ3n) is 2.00. The van der Waals surface area contributed by atoms with Crippen LogP contribution in [0.15, 0.2) is 18.3 Å². The van der Waals surface area contributed by atoms with Gasteiger partial charge in [0.1, 0.15) is 5.82 Å². The molecule has 0 aliphatic heterocycles. The summed E-state index contributed by atoms with van der Waals surface area (Å²) >= 11 is 0. The lowest BCUT2D eigenvalue weighted by atomic mass is 10.3. The zero-order chi connectivity index (χ0) is 11.1. The molecule has 1 aromatic heterocycles. The van der Waals surface area contributed by atoms with Crippen LogP contribution in [0.1, 0.15) is 0 Å². The highest BCUT2D eigenvalue weighted by atomic mass is 16.5. The van der Waals surface area contributed by atoms with Crippen LogP contribution < -0.4 is 11.1 Å². The van der Waals surface area contributed by atoms with E-state index in [1.165, 1.54) is 0 Å². The number of nitrogen functional groups attached to an aromatic ring is 1. The summed E-state index contributed by atoms with van der Waals surface area (Å²) in [6.45, 7) is 1.23. The fourth-order valence-electron chi connectivity index (χ4n) is 1.19. The van der Waals surface area contributed by atoms with Crippen LogP contribution in [0.5, 0.6) is 0 Å². The number of hydrogen-bond acceptors (Lipinski definition) is 5. The van der Waals surface area contributed by atoms with Gasteiger partial charge in [0, 0.05) is 38.7 Å². The Hall–Kier alpha value is -1.33. The van der Waals surface area contributed by atoms with E-state index in [4.69, 9.17) is 15.2 Å². The van der Waals surface area contributed by atoms with E-state index in [0.717, 1.165) is 5.69 Å². The number of nitrogens with one attached hydrogen (secondary N) is 1. The third-order valence-corrected chi connectivity index (χ3v) is 2.00. The molecular weight excluding hydrogens is 194 g/mol. The van der Waals surface area contributed by atoms with Gasteiger partial charge >= 0.3 is 0 Å². The zero-order valence-electron chi connectivity index (χ0n) is 9.06. The lowest BCUT2D eigenvalue weighted by Crippen LogP contribution is -2.26. The van der Waals surface area contributed by atoms with E-state index < -0.39 is 0 Å². The van der Waals surface area contributed by atoms with Crippen molar-refractivity contribution < 1.29 is 9.47 Å². The predicted octanol–water partition coefficient (Wildman–Crippen LogP) is 0.737. The molecule has 0 saturated carbocycles. The van der Waals surface area contributed by atoms with Crippen LogP contribution in [0.2, 0.25) is 0 Å². The molecule has 5 nitrogen and oxygen atoms in total. The number of anilines is 2. The highest BCUT2D eigenvalue weighted by Crippen LogP contribution is 2.08. The molecule has 0 saturated heterocycles. The van der Waals surface area contributed by atoms with Gasteiger partial charge in [0.2, 0.25) is 0 Å². The molecule has 0 fully saturated rings. The standard InChI is InChI=1S/C10H17N3O2/c1-14-7-9(15-2)6-13-8-3-4-12-10(11)5-8/h3-5,9H,6-7H2,1-2H3,(H3,11,12,13). The number of rotatable bonds is 6. The molecule has 0 radical (unpaired) electrons. The first-order valence-corrected chi connectivity index (χ1v) is 4.73. The minimum absolute atomic E-state index is 0.0318. The van der Waals surface area contributed by atoms with Crippen molar-refractivity contribution in [1.82, 2.24) is 4.98 Å². The quantitative estimate of drug-likeness (QED) is 0.726. The van der Waals surface area contributed by atoms with Gasteiger partial charge < -0.3 is 20.5 Å². The Morgan fingerprint density at radius 3 is 2.93 bits per heavy atom. The molecule has 5 heteroatoms. The summed E-state index contributed by atoms with van der Waals surface area (Å²) in [5.74, 6) is 0.501. The molecule has 1 rings (SSSR count). The molecule has 1 aromatic rings. The monoisotopic (exact) mass is 211 g/mol. The molecule has 3 N–H and O–H groups in total. The largest absolute Gasteiger partial charge is 0.384 e. The van der Waals surface area contributed by atoms with Crippen molar-refractivity contribution in [3.8, 4) is 0 Å². The van der Waals surface area contributed by atoms with Crippen molar-refractivity contribution in [2.75, 3.05) is 38.4 Å². The normalized spacial score (nSPS) is 12.4. The third kappa shape index (κ3) is 4.14. The molecule has 1 unspecified atom stereocenters. The average Bonchev–Trinajstić information content (AvgIpc) is 2.24. The van der Waals surface area contributed by atoms with Gasteiger partial charge in [-0.2, -0.15) is 0 Å². The number of nitrogens with two attached hydrogens (primary N) is 1. The second kappa shape index (κ2) is 6.21. The van der Waals surface area contributed by atoms with E-state index in [2.05, 4.69) is 10.3 Å². The maximum absolute atomic E-state index is 5.55. The van der Waals surface area contributed by atoms with Crippen molar-refractivity contribution in [3.63, 3.8) is 0 Å². The molecular formula is C10H17N3O2. The average molecular weight is 211 g/mol. The summed E-state index contributed by atoms with van der Waals surface area (Å²) in [7, 11) is 3.31. The maximum Gasteiger partial charge on any atom is 0.125 e. The SMILES string of the molecule is COCC(CNc1ccnc(N)c1)OC. The maximum atomic E-state index is 5.55. The first-order valence-electron chi connectivity index (χ1n) is 4.73. The summed E-state index contributed by atoms with van der Waals surface area (Å²) < 4.78 is 10.2. The number of ether oxygens (including phenoxy) is 2. The molecule has 1 heterocycles. The lowest BCUT2D eigenvalue weighted by Gasteiger charge is -2.15. The van der Waals surface area contributed by atoms with E-state index in [1.54, 1.807) is 26.5 Å². The molecule has 1 atom stereocenters. The molecule has 84 valence electrons. The summed E-state index contributed by atoms with van der Waals surface area (Å²) in [5, 5.41) is 3.20. The van der Waals surface area contributed by atoms with Crippen molar-refractivity contribution in [2.24, 2.45) is 0 Å². The Kier molecular flexibility index (Phi) is 4.86. The van der Waals surface area contributed by atoms with Crippen LogP contribution in [0.25, 0.3) is 0 Å². The summed E-state index contributed by atoms with van der Waals surface area (Å²) in [5.41, 5.74) is 6.48. The zero-order valence-corrected chi connectivity index (χ0v) is 9.06. The molecule has 0 bridgehead atoms. The predicted molar refractivity (Wildman–Crippen MR) is 59.8 cm³/mol. The molecule has 0 spiro atoms. The highest BCUT2D eigenvalue weighted by Gasteiger charge is 2.05. The second-order valence-corrected chi connectivity index (χ2v) is 3.16. The van der Waals surface area contributed by atoms with Crippen LogP contribution in [-0.2, 0) is 9.47 Å². The second-order valence-electron chi connectivity index (χ2n) is 3.16. The Bertz CT molecular complexity index is 294. The summed E-state index contributed by atoms with van der Waals surface area (Å²) in [4.78, 5) is 3.91. The van der Waals surface area contributed by atoms with Gasteiger partial charge in [-0.1, -0.05) is 0 Å². The number of hydrogen-bond donors (Lipinski definition) is 2. The van der Waals surface area contributed by atoms with Gasteiger partial charge in [-0.25, -0.2) is 4.98 Å². The van der Waals surface area contributed by atoms with E-state index in [1.807, 2.05) is 6.07 Å². The van der Waals surface area contributed by atoms with Crippen molar-refractivity contribution in [2.45, 2.75) is 6.10 Å².